The van der Waals surface area contributed by atoms with Crippen molar-refractivity contribution in [3.8, 4) is 0 Å². The van der Waals surface area contributed by atoms with Crippen LogP contribution in [0.25, 0.3) is 0 Å². The van der Waals surface area contributed by atoms with Crippen LogP contribution in [0.3, 0.4) is 0 Å². The molecule has 0 bridgehead atoms. The molecule has 0 aromatic carbocycles. The molecule has 2 heterocycles. The minimum absolute atomic E-state index is 0.306. The Morgan fingerprint density at radius 2 is 2.39 bits per heavy atom. The Balaban J connectivity index is 1.86. The summed E-state index contributed by atoms with van der Waals surface area (Å²) in [4.78, 5) is 29.2. The molecule has 2 rings (SSSR count). The van der Waals surface area contributed by atoms with Gasteiger partial charge >= 0.3 is 5.97 Å². The van der Waals surface area contributed by atoms with Gasteiger partial charge in [-0.3, -0.25) is 10.1 Å². The fourth-order valence-corrected chi connectivity index (χ4v) is 1.76. The molecule has 2 unspecified atom stereocenters. The Morgan fingerprint density at radius 3 is 3.11 bits per heavy atom. The minimum Gasteiger partial charge on any atom is -0.479 e. The molecular weight excluding hydrogens is 240 g/mol. The molecule has 1 aromatic heterocycles. The van der Waals surface area contributed by atoms with Gasteiger partial charge in [0.15, 0.2) is 6.10 Å². The molecule has 8 heteroatoms. The summed E-state index contributed by atoms with van der Waals surface area (Å²) in [5.41, 5.74) is 1.78. The summed E-state index contributed by atoms with van der Waals surface area (Å²) < 4.78 is 0. The number of aliphatic carboxylic acids is 1. The summed E-state index contributed by atoms with van der Waals surface area (Å²) in [7, 11) is 0. The first-order valence-electron chi connectivity index (χ1n) is 5.51. The van der Waals surface area contributed by atoms with Gasteiger partial charge in [0.2, 0.25) is 5.91 Å². The zero-order chi connectivity index (χ0) is 13.1. The quantitative estimate of drug-likeness (QED) is 0.422. The van der Waals surface area contributed by atoms with E-state index in [-0.39, 0.29) is 12.5 Å². The van der Waals surface area contributed by atoms with Crippen LogP contribution in [0.5, 0.6) is 0 Å². The summed E-state index contributed by atoms with van der Waals surface area (Å²) in [6.07, 6.45) is 0.424. The maximum Gasteiger partial charge on any atom is 0.334 e. The van der Waals surface area contributed by atoms with Crippen molar-refractivity contribution in [1.82, 2.24) is 20.6 Å². The topological polar surface area (TPSA) is 127 Å². The third kappa shape index (κ3) is 2.66. The zero-order valence-corrected chi connectivity index (χ0v) is 9.51. The number of carboxylic acids is 1. The van der Waals surface area contributed by atoms with Crippen molar-refractivity contribution in [1.29, 1.82) is 0 Å². The molecule has 8 nitrogen and oxygen atoms in total. The monoisotopic (exact) mass is 254 g/mol. The van der Waals surface area contributed by atoms with Gasteiger partial charge in [0.1, 0.15) is 0 Å². The maximum absolute atomic E-state index is 11.7. The normalized spacial score (nSPS) is 19.9. The van der Waals surface area contributed by atoms with E-state index in [0.717, 1.165) is 11.4 Å². The average Bonchev–Trinajstić information content (AvgIpc) is 2.82. The third-order valence-electron chi connectivity index (χ3n) is 2.80. The molecule has 0 fully saturated rings. The number of fused-ring (bicyclic) bond motifs is 1. The van der Waals surface area contributed by atoms with E-state index in [1.165, 1.54) is 0 Å². The van der Waals surface area contributed by atoms with Crippen LogP contribution < -0.4 is 10.6 Å². The van der Waals surface area contributed by atoms with E-state index < -0.39 is 18.1 Å². The molecule has 98 valence electrons. The number of aromatic nitrogens is 2. The van der Waals surface area contributed by atoms with Gasteiger partial charge in [-0.25, -0.2) is 9.78 Å². The van der Waals surface area contributed by atoms with Crippen LogP contribution in [0.1, 0.15) is 11.4 Å². The number of H-pyrrole nitrogens is 1. The van der Waals surface area contributed by atoms with Crippen LogP contribution >= 0.6 is 0 Å². The van der Waals surface area contributed by atoms with E-state index in [4.69, 9.17) is 10.2 Å². The van der Waals surface area contributed by atoms with Crippen LogP contribution in [-0.2, 0) is 22.6 Å². The molecule has 1 aromatic rings. The number of hydrogen-bond donors (Lipinski definition) is 5. The van der Waals surface area contributed by atoms with Crippen LogP contribution in [0.15, 0.2) is 6.33 Å². The minimum atomic E-state index is -1.58. The molecule has 1 amide bonds. The van der Waals surface area contributed by atoms with Crippen LogP contribution in [0, 0.1) is 0 Å². The fourth-order valence-electron chi connectivity index (χ4n) is 1.76. The highest BCUT2D eigenvalue weighted by Gasteiger charge is 2.26. The van der Waals surface area contributed by atoms with Crippen molar-refractivity contribution in [2.24, 2.45) is 0 Å². The van der Waals surface area contributed by atoms with Crippen LogP contribution in [-0.4, -0.2) is 50.7 Å². The number of nitrogens with one attached hydrogen (secondary N) is 3. The van der Waals surface area contributed by atoms with E-state index in [2.05, 4.69) is 20.6 Å². The van der Waals surface area contributed by atoms with Crippen molar-refractivity contribution >= 4 is 11.9 Å². The van der Waals surface area contributed by atoms with E-state index in [1.54, 1.807) is 6.33 Å². The largest absolute Gasteiger partial charge is 0.479 e. The number of imidazole rings is 1. The Kier molecular flexibility index (Phi) is 3.58. The Morgan fingerprint density at radius 1 is 1.61 bits per heavy atom. The van der Waals surface area contributed by atoms with Gasteiger partial charge in [-0.1, -0.05) is 0 Å². The number of amides is 1. The van der Waals surface area contributed by atoms with Crippen LogP contribution in [0.4, 0.5) is 0 Å². The summed E-state index contributed by atoms with van der Waals surface area (Å²) in [6, 6.07) is -0.457. The van der Waals surface area contributed by atoms with Gasteiger partial charge in [0.25, 0.3) is 0 Å². The SMILES string of the molecule is O=C(O)C(O)CNC(=O)C1Cc2nc[nH]c2CN1. The first-order valence-corrected chi connectivity index (χ1v) is 5.51. The lowest BCUT2D eigenvalue weighted by Crippen LogP contribution is -2.49. The highest BCUT2D eigenvalue weighted by Crippen LogP contribution is 2.11. The second kappa shape index (κ2) is 5.15. The van der Waals surface area contributed by atoms with E-state index in [0.29, 0.717) is 13.0 Å². The molecule has 0 aliphatic carbocycles. The summed E-state index contributed by atoms with van der Waals surface area (Å²) in [5.74, 6) is -1.70. The lowest BCUT2D eigenvalue weighted by atomic mass is 10.0. The Bertz CT molecular complexity index is 458. The lowest BCUT2D eigenvalue weighted by Gasteiger charge is -2.22. The van der Waals surface area contributed by atoms with Crippen molar-refractivity contribution in [2.45, 2.75) is 25.1 Å². The summed E-state index contributed by atoms with van der Waals surface area (Å²) in [5, 5.41) is 22.9. The zero-order valence-electron chi connectivity index (χ0n) is 9.51. The summed E-state index contributed by atoms with van der Waals surface area (Å²) in [6.45, 7) is 0.203. The van der Waals surface area contributed by atoms with Crippen molar-refractivity contribution in [2.75, 3.05) is 6.54 Å². The predicted molar refractivity (Wildman–Crippen MR) is 59.6 cm³/mol. The number of hydrogen-bond acceptors (Lipinski definition) is 5. The molecule has 0 saturated heterocycles. The molecule has 0 radical (unpaired) electrons. The van der Waals surface area contributed by atoms with Gasteiger partial charge in [0, 0.05) is 13.0 Å². The fraction of sp³-hybridized carbons (Fsp3) is 0.500. The molecule has 1 aliphatic heterocycles. The van der Waals surface area contributed by atoms with E-state index in [1.807, 2.05) is 0 Å². The molecular formula is C10H14N4O4. The predicted octanol–water partition coefficient (Wildman–Crippen LogP) is -2.01. The van der Waals surface area contributed by atoms with Crippen molar-refractivity contribution in [3.63, 3.8) is 0 Å². The van der Waals surface area contributed by atoms with Gasteiger partial charge in [-0.15, -0.1) is 0 Å². The van der Waals surface area contributed by atoms with E-state index in [9.17, 15) is 9.59 Å². The standard InChI is InChI=1S/C10H14N4O4/c15-8(10(17)18)3-12-9(16)6-1-5-7(2-11-6)14-4-13-5/h4,6,8,11,15H,1-3H2,(H,12,16)(H,13,14)(H,17,18). The number of aromatic amines is 1. The molecule has 0 spiro atoms. The summed E-state index contributed by atoms with van der Waals surface area (Å²) >= 11 is 0. The molecule has 0 saturated carbocycles. The highest BCUT2D eigenvalue weighted by molar-refractivity contribution is 5.83. The number of nitrogens with zero attached hydrogens (tertiary/aromatic N) is 1. The smallest absolute Gasteiger partial charge is 0.334 e. The molecule has 18 heavy (non-hydrogen) atoms. The number of rotatable bonds is 4. The second-order valence-corrected chi connectivity index (χ2v) is 4.06. The molecule has 5 N–H and O–H groups in total. The number of carbonyl (C=O) groups excluding carboxylic acids is 1. The number of carbonyl (C=O) groups is 2. The highest BCUT2D eigenvalue weighted by atomic mass is 16.4. The van der Waals surface area contributed by atoms with Gasteiger partial charge in [0.05, 0.1) is 30.3 Å². The number of aliphatic hydroxyl groups excluding tert-OH is 1. The third-order valence-corrected chi connectivity index (χ3v) is 2.80. The van der Waals surface area contributed by atoms with Gasteiger partial charge in [-0.05, 0) is 0 Å². The lowest BCUT2D eigenvalue weighted by molar-refractivity contribution is -0.146. The van der Waals surface area contributed by atoms with Gasteiger partial charge in [-0.2, -0.15) is 0 Å². The number of carboxylic acid groups (broad SMARTS) is 1. The van der Waals surface area contributed by atoms with Gasteiger partial charge < -0.3 is 20.5 Å². The van der Waals surface area contributed by atoms with Crippen molar-refractivity contribution < 1.29 is 19.8 Å². The molecule has 1 aliphatic rings. The number of aliphatic hydroxyl groups is 1. The second-order valence-electron chi connectivity index (χ2n) is 4.06. The maximum atomic E-state index is 11.7. The average molecular weight is 254 g/mol. The first kappa shape index (κ1) is 12.5. The van der Waals surface area contributed by atoms with Crippen molar-refractivity contribution in [3.05, 3.63) is 17.7 Å². The van der Waals surface area contributed by atoms with E-state index >= 15 is 0 Å². The van der Waals surface area contributed by atoms with Crippen LogP contribution in [0.2, 0.25) is 0 Å². The Hall–Kier alpha value is -1.93. The Labute approximate surface area is 102 Å². The first-order chi connectivity index (χ1) is 8.58. The molecule has 2 atom stereocenters.